The topological polar surface area (TPSA) is 35.5 Å². The van der Waals surface area contributed by atoms with Crippen LogP contribution in [0, 0.1) is 5.92 Å². The van der Waals surface area contributed by atoms with Crippen molar-refractivity contribution in [2.24, 2.45) is 5.92 Å². The summed E-state index contributed by atoms with van der Waals surface area (Å²) in [4.78, 5) is 12.0. The minimum absolute atomic E-state index is 0.0551. The van der Waals surface area contributed by atoms with Crippen molar-refractivity contribution < 1.29 is 27.4 Å². The van der Waals surface area contributed by atoms with Crippen LogP contribution in [-0.2, 0) is 16.0 Å². The first-order valence-corrected chi connectivity index (χ1v) is 6.34. The fourth-order valence-electron chi connectivity index (χ4n) is 2.30. The van der Waals surface area contributed by atoms with Crippen LogP contribution < -0.4 is 4.74 Å². The number of ketones is 1. The zero-order valence-corrected chi connectivity index (χ0v) is 10.9. The summed E-state index contributed by atoms with van der Waals surface area (Å²) in [5.74, 6) is -0.355. The molecule has 6 heteroatoms. The summed E-state index contributed by atoms with van der Waals surface area (Å²) in [6.07, 6.45) is -3.89. The molecule has 0 aromatic heterocycles. The predicted octanol–water partition coefficient (Wildman–Crippen LogP) is 3.12. The quantitative estimate of drug-likeness (QED) is 0.854. The third kappa shape index (κ3) is 3.96. The molecule has 0 aliphatic carbocycles. The van der Waals surface area contributed by atoms with Gasteiger partial charge in [-0.05, 0) is 31.0 Å². The second-order valence-corrected chi connectivity index (χ2v) is 4.81. The molecule has 1 saturated heterocycles. The molecule has 1 heterocycles. The molecule has 3 nitrogen and oxygen atoms in total. The molecular formula is C14H15F3O3. The third-order valence-corrected chi connectivity index (χ3v) is 3.33. The van der Waals surface area contributed by atoms with Gasteiger partial charge in [-0.15, -0.1) is 13.2 Å². The van der Waals surface area contributed by atoms with Crippen molar-refractivity contribution in [2.45, 2.75) is 32.2 Å². The SMILES string of the molecule is CC1OCCC1C(=O)Cc1ccc(OC(F)(F)F)cc1. The average Bonchev–Trinajstić information content (AvgIpc) is 2.76. The van der Waals surface area contributed by atoms with Crippen molar-refractivity contribution in [1.82, 2.24) is 0 Å². The summed E-state index contributed by atoms with van der Waals surface area (Å²) in [7, 11) is 0. The Morgan fingerprint density at radius 2 is 2.00 bits per heavy atom. The molecule has 2 unspecified atom stereocenters. The Morgan fingerprint density at radius 3 is 2.50 bits per heavy atom. The Bertz CT molecular complexity index is 468. The second-order valence-electron chi connectivity index (χ2n) is 4.81. The second kappa shape index (κ2) is 5.83. The first kappa shape index (κ1) is 14.8. The summed E-state index contributed by atoms with van der Waals surface area (Å²) >= 11 is 0. The lowest BCUT2D eigenvalue weighted by atomic mass is 9.93. The molecule has 0 spiro atoms. The number of hydrogen-bond acceptors (Lipinski definition) is 3. The summed E-state index contributed by atoms with van der Waals surface area (Å²) in [5, 5.41) is 0. The number of carbonyl (C=O) groups excluding carboxylic acids is 1. The molecule has 0 radical (unpaired) electrons. The standard InChI is InChI=1S/C14H15F3O3/c1-9-12(6-7-19-9)13(18)8-10-2-4-11(5-3-10)20-14(15,16)17/h2-5,9,12H,6-8H2,1H3. The molecule has 0 N–H and O–H groups in total. The van der Waals surface area contributed by atoms with Gasteiger partial charge >= 0.3 is 6.36 Å². The number of ether oxygens (including phenoxy) is 2. The predicted molar refractivity (Wildman–Crippen MR) is 65.4 cm³/mol. The van der Waals surface area contributed by atoms with E-state index in [4.69, 9.17) is 4.74 Å². The summed E-state index contributed by atoms with van der Waals surface area (Å²) in [6, 6.07) is 5.37. The molecule has 0 amide bonds. The van der Waals surface area contributed by atoms with Crippen LogP contribution in [0.1, 0.15) is 18.9 Å². The first-order valence-electron chi connectivity index (χ1n) is 6.34. The number of Topliss-reactive ketones (excluding diaryl/α,β-unsaturated/α-hetero) is 1. The highest BCUT2D eigenvalue weighted by Gasteiger charge is 2.32. The number of hydrogen-bond donors (Lipinski definition) is 0. The summed E-state index contributed by atoms with van der Waals surface area (Å²) in [5.41, 5.74) is 0.670. The van der Waals surface area contributed by atoms with Gasteiger partial charge in [-0.3, -0.25) is 4.79 Å². The summed E-state index contributed by atoms with van der Waals surface area (Å²) in [6.45, 7) is 2.44. The Hall–Kier alpha value is -1.56. The van der Waals surface area contributed by atoms with Crippen LogP contribution in [0.5, 0.6) is 5.75 Å². The van der Waals surface area contributed by atoms with Crippen LogP contribution in [0.4, 0.5) is 13.2 Å². The van der Waals surface area contributed by atoms with Gasteiger partial charge in [-0.1, -0.05) is 12.1 Å². The Kier molecular flexibility index (Phi) is 4.32. The van der Waals surface area contributed by atoms with E-state index in [0.29, 0.717) is 18.6 Å². The molecule has 1 aromatic rings. The van der Waals surface area contributed by atoms with Crippen molar-refractivity contribution >= 4 is 5.78 Å². The maximum atomic E-state index is 12.0. The fraction of sp³-hybridized carbons (Fsp3) is 0.500. The van der Waals surface area contributed by atoms with Crippen LogP contribution in [0.2, 0.25) is 0 Å². The van der Waals surface area contributed by atoms with E-state index in [9.17, 15) is 18.0 Å². The molecular weight excluding hydrogens is 273 g/mol. The highest BCUT2D eigenvalue weighted by molar-refractivity contribution is 5.84. The number of alkyl halides is 3. The largest absolute Gasteiger partial charge is 0.573 e. The van der Waals surface area contributed by atoms with E-state index in [1.807, 2.05) is 6.92 Å². The highest BCUT2D eigenvalue weighted by atomic mass is 19.4. The van der Waals surface area contributed by atoms with Crippen LogP contribution in [0.15, 0.2) is 24.3 Å². The van der Waals surface area contributed by atoms with Crippen LogP contribution in [0.3, 0.4) is 0 Å². The van der Waals surface area contributed by atoms with Crippen molar-refractivity contribution in [3.8, 4) is 5.75 Å². The Balaban J connectivity index is 1.95. The van der Waals surface area contributed by atoms with Gasteiger partial charge in [-0.2, -0.15) is 0 Å². The minimum Gasteiger partial charge on any atom is -0.406 e. The van der Waals surface area contributed by atoms with Crippen molar-refractivity contribution in [3.05, 3.63) is 29.8 Å². The van der Waals surface area contributed by atoms with Gasteiger partial charge < -0.3 is 9.47 Å². The van der Waals surface area contributed by atoms with Crippen molar-refractivity contribution in [1.29, 1.82) is 0 Å². The van der Waals surface area contributed by atoms with Crippen LogP contribution in [0.25, 0.3) is 0 Å². The van der Waals surface area contributed by atoms with Gasteiger partial charge in [0.05, 0.1) is 6.10 Å². The number of rotatable bonds is 4. The third-order valence-electron chi connectivity index (χ3n) is 3.33. The van der Waals surface area contributed by atoms with Crippen molar-refractivity contribution in [2.75, 3.05) is 6.61 Å². The maximum Gasteiger partial charge on any atom is 0.573 e. The van der Waals surface area contributed by atoms with Crippen molar-refractivity contribution in [3.63, 3.8) is 0 Å². The van der Waals surface area contributed by atoms with Gasteiger partial charge in [0.2, 0.25) is 0 Å². The van der Waals surface area contributed by atoms with Gasteiger partial charge in [0, 0.05) is 18.9 Å². The van der Waals surface area contributed by atoms with E-state index in [1.54, 1.807) is 0 Å². The molecule has 0 bridgehead atoms. The molecule has 2 atom stereocenters. The number of halogens is 3. The average molecular weight is 288 g/mol. The van der Waals surface area contributed by atoms with E-state index in [0.717, 1.165) is 0 Å². The van der Waals surface area contributed by atoms with Gasteiger partial charge in [0.1, 0.15) is 11.5 Å². The molecule has 0 saturated carbocycles. The molecule has 1 aromatic carbocycles. The lowest BCUT2D eigenvalue weighted by molar-refractivity contribution is -0.274. The van der Waals surface area contributed by atoms with Gasteiger partial charge in [-0.25, -0.2) is 0 Å². The molecule has 2 rings (SSSR count). The Morgan fingerprint density at radius 1 is 1.35 bits per heavy atom. The van der Waals surface area contributed by atoms with E-state index < -0.39 is 6.36 Å². The number of carbonyl (C=O) groups is 1. The Labute approximate surface area is 114 Å². The molecule has 1 aliphatic heterocycles. The molecule has 110 valence electrons. The molecule has 20 heavy (non-hydrogen) atoms. The zero-order chi connectivity index (χ0) is 14.8. The number of benzene rings is 1. The normalized spacial score (nSPS) is 22.8. The van der Waals surface area contributed by atoms with Crippen LogP contribution in [-0.4, -0.2) is 24.9 Å². The van der Waals surface area contributed by atoms with Crippen LogP contribution >= 0.6 is 0 Å². The highest BCUT2D eigenvalue weighted by Crippen LogP contribution is 2.25. The lowest BCUT2D eigenvalue weighted by Gasteiger charge is -2.13. The molecule has 1 fully saturated rings. The monoisotopic (exact) mass is 288 g/mol. The minimum atomic E-state index is -4.70. The molecule has 1 aliphatic rings. The van der Waals surface area contributed by atoms with E-state index in [2.05, 4.69) is 4.74 Å². The summed E-state index contributed by atoms with van der Waals surface area (Å²) < 4.78 is 45.1. The smallest absolute Gasteiger partial charge is 0.406 e. The first-order chi connectivity index (χ1) is 9.35. The van der Waals surface area contributed by atoms with E-state index >= 15 is 0 Å². The maximum absolute atomic E-state index is 12.0. The van der Waals surface area contributed by atoms with E-state index in [1.165, 1.54) is 24.3 Å². The van der Waals surface area contributed by atoms with Gasteiger partial charge in [0.25, 0.3) is 0 Å². The lowest BCUT2D eigenvalue weighted by Crippen LogP contribution is -2.23. The van der Waals surface area contributed by atoms with E-state index in [-0.39, 0.29) is 30.0 Å². The fourth-order valence-corrected chi connectivity index (χ4v) is 2.30. The zero-order valence-electron chi connectivity index (χ0n) is 10.9. The van der Waals surface area contributed by atoms with Gasteiger partial charge in [0.15, 0.2) is 0 Å².